The Morgan fingerprint density at radius 1 is 1.24 bits per heavy atom. The lowest BCUT2D eigenvalue weighted by Gasteiger charge is -2.05. The van der Waals surface area contributed by atoms with Gasteiger partial charge >= 0.3 is 0 Å². The van der Waals surface area contributed by atoms with Crippen molar-refractivity contribution in [1.29, 1.82) is 0 Å². The molecule has 2 rings (SSSR count). The highest BCUT2D eigenvalue weighted by Gasteiger charge is 2.03. The van der Waals surface area contributed by atoms with Gasteiger partial charge in [0, 0.05) is 24.0 Å². The van der Waals surface area contributed by atoms with Gasteiger partial charge in [-0.05, 0) is 36.3 Å². The van der Waals surface area contributed by atoms with Gasteiger partial charge in [0.05, 0.1) is 11.5 Å². The molecular formula is C18H18N4O3. The average molecular weight is 338 g/mol. The summed E-state index contributed by atoms with van der Waals surface area (Å²) in [6.45, 7) is 2.08. The van der Waals surface area contributed by atoms with Crippen molar-refractivity contribution in [2.45, 2.75) is 6.92 Å². The van der Waals surface area contributed by atoms with Crippen molar-refractivity contribution in [1.82, 2.24) is 5.43 Å². The fourth-order valence-corrected chi connectivity index (χ4v) is 2.03. The first kappa shape index (κ1) is 17.9. The zero-order valence-electron chi connectivity index (χ0n) is 13.7. The Balaban J connectivity index is 1.77. The molecule has 2 aromatic carbocycles. The first-order chi connectivity index (χ1) is 12.0. The van der Waals surface area contributed by atoms with Crippen LogP contribution in [0.1, 0.15) is 11.1 Å². The summed E-state index contributed by atoms with van der Waals surface area (Å²) in [7, 11) is 0. The van der Waals surface area contributed by atoms with Crippen molar-refractivity contribution in [3.05, 3.63) is 75.8 Å². The highest BCUT2D eigenvalue weighted by Crippen LogP contribution is 2.13. The molecule has 25 heavy (non-hydrogen) atoms. The number of allylic oxidation sites excluding steroid dienone is 1. The van der Waals surface area contributed by atoms with Gasteiger partial charge in [0.25, 0.3) is 11.6 Å². The van der Waals surface area contributed by atoms with E-state index in [0.717, 1.165) is 11.3 Å². The molecule has 7 heteroatoms. The number of nitrogens with zero attached hydrogens (tertiary/aromatic N) is 2. The minimum atomic E-state index is -0.452. The molecule has 0 spiro atoms. The van der Waals surface area contributed by atoms with Crippen LogP contribution in [0.2, 0.25) is 0 Å². The van der Waals surface area contributed by atoms with Gasteiger partial charge in [-0.25, -0.2) is 5.43 Å². The lowest BCUT2D eigenvalue weighted by atomic mass is 10.2. The van der Waals surface area contributed by atoms with Crippen LogP contribution in [-0.2, 0) is 4.79 Å². The first-order valence-corrected chi connectivity index (χ1v) is 7.58. The average Bonchev–Trinajstić information content (AvgIpc) is 2.60. The van der Waals surface area contributed by atoms with E-state index in [4.69, 9.17) is 0 Å². The highest BCUT2D eigenvalue weighted by atomic mass is 16.6. The van der Waals surface area contributed by atoms with Crippen molar-refractivity contribution in [2.75, 3.05) is 11.9 Å². The Morgan fingerprint density at radius 3 is 2.80 bits per heavy atom. The largest absolute Gasteiger partial charge is 0.376 e. The summed E-state index contributed by atoms with van der Waals surface area (Å²) in [4.78, 5) is 21.9. The maximum absolute atomic E-state index is 11.7. The molecule has 0 radical (unpaired) electrons. The lowest BCUT2D eigenvalue weighted by molar-refractivity contribution is -0.384. The number of carbonyl (C=O) groups is 1. The fraction of sp³-hybridized carbons (Fsp3) is 0.111. The Labute approximate surface area is 145 Å². The van der Waals surface area contributed by atoms with Gasteiger partial charge in [-0.1, -0.05) is 30.3 Å². The number of nitro benzene ring substituents is 1. The number of hydrazone groups is 1. The molecular weight excluding hydrogens is 320 g/mol. The van der Waals surface area contributed by atoms with Crippen molar-refractivity contribution in [3.63, 3.8) is 0 Å². The van der Waals surface area contributed by atoms with Crippen LogP contribution in [0.4, 0.5) is 11.4 Å². The number of anilines is 1. The third kappa shape index (κ3) is 6.26. The smallest absolute Gasteiger partial charge is 0.270 e. The van der Waals surface area contributed by atoms with Crippen molar-refractivity contribution in [2.24, 2.45) is 5.10 Å². The Morgan fingerprint density at radius 2 is 2.04 bits per heavy atom. The van der Waals surface area contributed by atoms with E-state index in [9.17, 15) is 14.9 Å². The van der Waals surface area contributed by atoms with Gasteiger partial charge in [0.1, 0.15) is 0 Å². The normalized spacial score (nSPS) is 10.9. The number of carbonyl (C=O) groups excluding carboxylic acids is 1. The second-order valence-electron chi connectivity index (χ2n) is 5.25. The fourth-order valence-electron chi connectivity index (χ4n) is 2.03. The van der Waals surface area contributed by atoms with E-state index in [0.29, 0.717) is 5.56 Å². The molecule has 0 fully saturated rings. The quantitative estimate of drug-likeness (QED) is 0.460. The minimum Gasteiger partial charge on any atom is -0.376 e. The molecule has 0 saturated carbocycles. The first-order valence-electron chi connectivity index (χ1n) is 7.58. The number of nitrogens with one attached hydrogen (secondary N) is 2. The molecule has 0 aliphatic rings. The molecule has 2 aromatic rings. The summed E-state index contributed by atoms with van der Waals surface area (Å²) in [5.41, 5.74) is 5.06. The summed E-state index contributed by atoms with van der Waals surface area (Å²) in [5, 5.41) is 17.5. The van der Waals surface area contributed by atoms with Crippen LogP contribution in [0.3, 0.4) is 0 Å². The maximum Gasteiger partial charge on any atom is 0.270 e. The molecule has 0 aromatic heterocycles. The van der Waals surface area contributed by atoms with Crippen molar-refractivity contribution in [3.8, 4) is 0 Å². The van der Waals surface area contributed by atoms with Gasteiger partial charge in [-0.2, -0.15) is 5.10 Å². The number of benzene rings is 2. The van der Waals surface area contributed by atoms with Crippen LogP contribution in [0.15, 0.2) is 59.7 Å². The van der Waals surface area contributed by atoms with E-state index in [1.807, 2.05) is 31.2 Å². The number of hydrogen-bond donors (Lipinski definition) is 2. The second kappa shape index (κ2) is 8.97. The molecule has 0 unspecified atom stereocenters. The van der Waals surface area contributed by atoms with Gasteiger partial charge in [0.2, 0.25) is 0 Å². The molecule has 128 valence electrons. The number of aryl methyl sites for hydroxylation is 1. The molecule has 0 heterocycles. The van der Waals surface area contributed by atoms with Crippen LogP contribution in [-0.4, -0.2) is 23.6 Å². The number of hydrogen-bond acceptors (Lipinski definition) is 5. The number of non-ortho nitro benzene ring substituents is 1. The van der Waals surface area contributed by atoms with E-state index in [-0.39, 0.29) is 18.1 Å². The minimum absolute atomic E-state index is 0.0228. The molecule has 2 N–H and O–H groups in total. The monoisotopic (exact) mass is 338 g/mol. The topological polar surface area (TPSA) is 96.6 Å². The van der Waals surface area contributed by atoms with Crippen LogP contribution in [0.5, 0.6) is 0 Å². The molecule has 0 saturated heterocycles. The lowest BCUT2D eigenvalue weighted by Crippen LogP contribution is -2.25. The van der Waals surface area contributed by atoms with E-state index in [1.54, 1.807) is 24.3 Å². The summed E-state index contributed by atoms with van der Waals surface area (Å²) < 4.78 is 0. The van der Waals surface area contributed by atoms with Gasteiger partial charge in [-0.3, -0.25) is 14.9 Å². The standard InChI is InChI=1S/C18H18N4O3/c1-14-5-2-8-16(11-14)19-13-18(23)21-20-10-4-7-15-6-3-9-17(12-15)22(24)25/h2-12,19H,13H2,1H3,(H,21,23)/b7-4+,20-10-. The summed E-state index contributed by atoms with van der Waals surface area (Å²) in [6.07, 6.45) is 4.66. The zero-order valence-corrected chi connectivity index (χ0v) is 13.7. The van der Waals surface area contributed by atoms with Crippen LogP contribution < -0.4 is 10.7 Å². The van der Waals surface area contributed by atoms with E-state index in [2.05, 4.69) is 15.8 Å². The van der Waals surface area contributed by atoms with Gasteiger partial charge in [-0.15, -0.1) is 0 Å². The predicted octanol–water partition coefficient (Wildman–Crippen LogP) is 3.13. The van der Waals surface area contributed by atoms with Crippen molar-refractivity contribution < 1.29 is 9.72 Å². The molecule has 7 nitrogen and oxygen atoms in total. The Hall–Kier alpha value is -3.48. The second-order valence-corrected chi connectivity index (χ2v) is 5.25. The van der Waals surface area contributed by atoms with Gasteiger partial charge < -0.3 is 5.32 Å². The predicted molar refractivity (Wildman–Crippen MR) is 98.4 cm³/mol. The molecule has 1 amide bonds. The maximum atomic E-state index is 11.7. The summed E-state index contributed by atoms with van der Waals surface area (Å²) in [6, 6.07) is 13.9. The number of rotatable bonds is 7. The molecule has 0 aliphatic carbocycles. The molecule has 0 bridgehead atoms. The molecule has 0 aliphatic heterocycles. The van der Waals surface area contributed by atoms with Crippen molar-refractivity contribution >= 4 is 29.6 Å². The van der Waals surface area contributed by atoms with Crippen LogP contribution in [0, 0.1) is 17.0 Å². The Kier molecular flexibility index (Phi) is 6.41. The van der Waals surface area contributed by atoms with Gasteiger partial charge in [0.15, 0.2) is 0 Å². The van der Waals surface area contributed by atoms with Crippen LogP contribution >= 0.6 is 0 Å². The third-order valence-corrected chi connectivity index (χ3v) is 3.19. The van der Waals surface area contributed by atoms with E-state index < -0.39 is 4.92 Å². The molecule has 0 atom stereocenters. The van der Waals surface area contributed by atoms with Crippen LogP contribution in [0.25, 0.3) is 6.08 Å². The summed E-state index contributed by atoms with van der Waals surface area (Å²) >= 11 is 0. The Bertz CT molecular complexity index is 815. The highest BCUT2D eigenvalue weighted by molar-refractivity contribution is 5.83. The third-order valence-electron chi connectivity index (χ3n) is 3.19. The van der Waals surface area contributed by atoms with E-state index >= 15 is 0 Å². The summed E-state index contributed by atoms with van der Waals surface area (Å²) in [5.74, 6) is -0.276. The van der Waals surface area contributed by atoms with E-state index in [1.165, 1.54) is 18.3 Å². The number of nitro groups is 1. The SMILES string of the molecule is Cc1cccc(NCC(=O)N/N=C\C=C\c2cccc([N+](=O)[O-])c2)c1. The zero-order chi connectivity index (χ0) is 18.1. The number of amides is 1.